The van der Waals surface area contributed by atoms with E-state index in [1.165, 1.54) is 6.42 Å². The minimum absolute atomic E-state index is 0.152. The first-order valence-corrected chi connectivity index (χ1v) is 6.13. The molecule has 2 unspecified atom stereocenters. The molecule has 4 nitrogen and oxygen atoms in total. The maximum Gasteiger partial charge on any atom is 0.323 e. The first-order chi connectivity index (χ1) is 7.65. The number of hydrogen-bond acceptors (Lipinski definition) is 4. The van der Waals surface area contributed by atoms with Gasteiger partial charge in [-0.15, -0.1) is 0 Å². The van der Waals surface area contributed by atoms with E-state index >= 15 is 0 Å². The van der Waals surface area contributed by atoms with E-state index in [2.05, 4.69) is 0 Å². The molecule has 1 rings (SSSR count). The lowest BCUT2D eigenvalue weighted by Gasteiger charge is -2.29. The average molecular weight is 229 g/mol. The van der Waals surface area contributed by atoms with Crippen molar-refractivity contribution in [2.24, 2.45) is 0 Å². The van der Waals surface area contributed by atoms with Gasteiger partial charge in [-0.25, -0.2) is 0 Å². The van der Waals surface area contributed by atoms with Crippen LogP contribution in [0.5, 0.6) is 0 Å². The number of hydrogen-bond donors (Lipinski definition) is 0. The van der Waals surface area contributed by atoms with Crippen molar-refractivity contribution in [1.29, 1.82) is 0 Å². The number of rotatable bonds is 5. The Kier molecular flexibility index (Phi) is 5.77. The predicted octanol–water partition coefficient (Wildman–Crippen LogP) is 1.44. The molecule has 16 heavy (non-hydrogen) atoms. The molecule has 0 N–H and O–H groups in total. The second-order valence-electron chi connectivity index (χ2n) is 4.36. The van der Waals surface area contributed by atoms with Crippen LogP contribution in [-0.4, -0.2) is 49.8 Å². The zero-order valence-electron chi connectivity index (χ0n) is 10.6. The summed E-state index contributed by atoms with van der Waals surface area (Å²) in [5.41, 5.74) is 0. The van der Waals surface area contributed by atoms with Crippen molar-refractivity contribution in [3.63, 3.8) is 0 Å². The van der Waals surface area contributed by atoms with Gasteiger partial charge in [0.15, 0.2) is 0 Å². The van der Waals surface area contributed by atoms with Crippen molar-refractivity contribution in [2.45, 2.75) is 45.3 Å². The van der Waals surface area contributed by atoms with Gasteiger partial charge in [-0.2, -0.15) is 0 Å². The molecule has 1 saturated heterocycles. The number of esters is 1. The van der Waals surface area contributed by atoms with Gasteiger partial charge < -0.3 is 9.47 Å². The quantitative estimate of drug-likeness (QED) is 0.669. The number of carbonyl (C=O) groups excluding carboxylic acids is 1. The minimum Gasteiger partial charge on any atom is -0.465 e. The highest BCUT2D eigenvalue weighted by atomic mass is 16.5. The number of ether oxygens (including phenoxy) is 2. The molecule has 2 atom stereocenters. The molecule has 94 valence electrons. The maximum absolute atomic E-state index is 11.5. The summed E-state index contributed by atoms with van der Waals surface area (Å²) in [5.74, 6) is -0.152. The van der Waals surface area contributed by atoms with Crippen LogP contribution in [-0.2, 0) is 14.3 Å². The van der Waals surface area contributed by atoms with E-state index in [0.29, 0.717) is 6.61 Å². The Labute approximate surface area is 97.9 Å². The van der Waals surface area contributed by atoms with Crippen molar-refractivity contribution >= 4 is 5.97 Å². The van der Waals surface area contributed by atoms with E-state index in [0.717, 1.165) is 26.0 Å². The summed E-state index contributed by atoms with van der Waals surface area (Å²) in [4.78, 5) is 13.5. The predicted molar refractivity (Wildman–Crippen MR) is 62.3 cm³/mol. The Morgan fingerprint density at radius 2 is 2.31 bits per heavy atom. The largest absolute Gasteiger partial charge is 0.465 e. The fourth-order valence-electron chi connectivity index (χ4n) is 1.87. The van der Waals surface area contributed by atoms with Gasteiger partial charge in [-0.1, -0.05) is 0 Å². The van der Waals surface area contributed by atoms with E-state index in [4.69, 9.17) is 9.47 Å². The molecule has 1 heterocycles. The number of likely N-dealkylation sites (N-methyl/N-ethyl adjacent to an activating group) is 1. The van der Waals surface area contributed by atoms with Gasteiger partial charge in [-0.05, 0) is 40.2 Å². The molecule has 0 spiro atoms. The van der Waals surface area contributed by atoms with Gasteiger partial charge in [0.2, 0.25) is 0 Å². The Hall–Kier alpha value is -0.610. The Morgan fingerprint density at radius 3 is 2.88 bits per heavy atom. The van der Waals surface area contributed by atoms with Crippen molar-refractivity contribution in [3.05, 3.63) is 0 Å². The van der Waals surface area contributed by atoms with Crippen LogP contribution in [0.15, 0.2) is 0 Å². The maximum atomic E-state index is 11.5. The Morgan fingerprint density at radius 1 is 1.56 bits per heavy atom. The van der Waals surface area contributed by atoms with Gasteiger partial charge in [0, 0.05) is 13.2 Å². The molecule has 0 bridgehead atoms. The third-order valence-corrected chi connectivity index (χ3v) is 3.05. The molecule has 4 heteroatoms. The zero-order chi connectivity index (χ0) is 12.0. The number of nitrogens with zero attached hydrogens (tertiary/aromatic N) is 1. The van der Waals surface area contributed by atoms with Crippen molar-refractivity contribution < 1.29 is 14.3 Å². The molecule has 1 aliphatic rings. The molecule has 1 fully saturated rings. The van der Waals surface area contributed by atoms with Crippen LogP contribution >= 0.6 is 0 Å². The molecular formula is C12H23NO3. The normalized spacial score (nSPS) is 23.1. The summed E-state index contributed by atoms with van der Waals surface area (Å²) < 4.78 is 10.6. The lowest BCUT2D eigenvalue weighted by molar-refractivity contribution is -0.149. The standard InChI is InChI=1S/C12H23NO3/c1-4-15-12(14)10(2)13(3)9-11-7-5-6-8-16-11/h10-11H,4-9H2,1-3H3. The second kappa shape index (κ2) is 6.86. The van der Waals surface area contributed by atoms with E-state index in [1.807, 2.05) is 25.8 Å². The highest BCUT2D eigenvalue weighted by Gasteiger charge is 2.23. The summed E-state index contributed by atoms with van der Waals surface area (Å²) in [7, 11) is 1.94. The summed E-state index contributed by atoms with van der Waals surface area (Å²) in [6.45, 7) is 5.80. The molecule has 1 aliphatic heterocycles. The first kappa shape index (κ1) is 13.5. The lowest BCUT2D eigenvalue weighted by atomic mass is 10.1. The third-order valence-electron chi connectivity index (χ3n) is 3.05. The average Bonchev–Trinajstić information content (AvgIpc) is 2.29. The highest BCUT2D eigenvalue weighted by Crippen LogP contribution is 2.14. The van der Waals surface area contributed by atoms with Crippen LogP contribution in [0, 0.1) is 0 Å². The fraction of sp³-hybridized carbons (Fsp3) is 0.917. The molecule has 0 aromatic carbocycles. The fourth-order valence-corrected chi connectivity index (χ4v) is 1.87. The van der Waals surface area contributed by atoms with Crippen LogP contribution in [0.4, 0.5) is 0 Å². The molecule has 0 aromatic rings. The van der Waals surface area contributed by atoms with E-state index < -0.39 is 0 Å². The summed E-state index contributed by atoms with van der Waals surface area (Å²) in [5, 5.41) is 0. The molecule has 0 amide bonds. The van der Waals surface area contributed by atoms with Gasteiger partial charge in [-0.3, -0.25) is 9.69 Å². The summed E-state index contributed by atoms with van der Waals surface area (Å²) in [6, 6.07) is -0.189. The topological polar surface area (TPSA) is 38.8 Å². The smallest absolute Gasteiger partial charge is 0.323 e. The van der Waals surface area contributed by atoms with E-state index in [9.17, 15) is 4.79 Å². The Bertz CT molecular complexity index is 214. The van der Waals surface area contributed by atoms with E-state index in [1.54, 1.807) is 0 Å². The van der Waals surface area contributed by atoms with E-state index in [-0.39, 0.29) is 18.1 Å². The van der Waals surface area contributed by atoms with Gasteiger partial charge in [0.25, 0.3) is 0 Å². The monoisotopic (exact) mass is 229 g/mol. The zero-order valence-corrected chi connectivity index (χ0v) is 10.6. The van der Waals surface area contributed by atoms with Gasteiger partial charge in [0.05, 0.1) is 12.7 Å². The van der Waals surface area contributed by atoms with Crippen LogP contribution in [0.1, 0.15) is 33.1 Å². The van der Waals surface area contributed by atoms with Crippen LogP contribution < -0.4 is 0 Å². The van der Waals surface area contributed by atoms with Gasteiger partial charge in [0.1, 0.15) is 6.04 Å². The summed E-state index contributed by atoms with van der Waals surface area (Å²) in [6.07, 6.45) is 3.76. The first-order valence-electron chi connectivity index (χ1n) is 6.13. The Balaban J connectivity index is 2.32. The van der Waals surface area contributed by atoms with Gasteiger partial charge >= 0.3 is 5.97 Å². The minimum atomic E-state index is -0.189. The van der Waals surface area contributed by atoms with Crippen molar-refractivity contribution in [3.8, 4) is 0 Å². The lowest BCUT2D eigenvalue weighted by Crippen LogP contribution is -2.42. The van der Waals surface area contributed by atoms with Crippen LogP contribution in [0.3, 0.4) is 0 Å². The molecule has 0 radical (unpaired) electrons. The van der Waals surface area contributed by atoms with Crippen LogP contribution in [0.2, 0.25) is 0 Å². The second-order valence-corrected chi connectivity index (χ2v) is 4.36. The third kappa shape index (κ3) is 4.10. The van der Waals surface area contributed by atoms with Crippen molar-refractivity contribution in [1.82, 2.24) is 4.90 Å². The number of carbonyl (C=O) groups is 1. The highest BCUT2D eigenvalue weighted by molar-refractivity contribution is 5.75. The molecule has 0 aromatic heterocycles. The SMILES string of the molecule is CCOC(=O)C(C)N(C)CC1CCCCO1. The van der Waals surface area contributed by atoms with Crippen LogP contribution in [0.25, 0.3) is 0 Å². The molecule has 0 saturated carbocycles. The molecule has 0 aliphatic carbocycles. The van der Waals surface area contributed by atoms with Crippen molar-refractivity contribution in [2.75, 3.05) is 26.8 Å². The summed E-state index contributed by atoms with van der Waals surface area (Å²) >= 11 is 0. The molecular weight excluding hydrogens is 206 g/mol.